The van der Waals surface area contributed by atoms with Gasteiger partial charge in [-0.3, -0.25) is 9.59 Å². The molecule has 2 heterocycles. The molecule has 2 aliphatic heterocycles. The maximum Gasteiger partial charge on any atom is 0.251 e. The van der Waals surface area contributed by atoms with Gasteiger partial charge in [-0.2, -0.15) is 0 Å². The lowest BCUT2D eigenvalue weighted by Gasteiger charge is -2.35. The van der Waals surface area contributed by atoms with Crippen molar-refractivity contribution in [1.82, 2.24) is 9.80 Å². The van der Waals surface area contributed by atoms with E-state index >= 15 is 0 Å². The van der Waals surface area contributed by atoms with E-state index in [1.54, 1.807) is 0 Å². The summed E-state index contributed by atoms with van der Waals surface area (Å²) in [5, 5.41) is 0.717. The molecule has 1 aromatic rings. The van der Waals surface area contributed by atoms with Crippen molar-refractivity contribution >= 4 is 23.4 Å². The van der Waals surface area contributed by atoms with Crippen molar-refractivity contribution in [3.8, 4) is 5.75 Å². The Morgan fingerprint density at radius 3 is 2.63 bits per heavy atom. The maximum absolute atomic E-state index is 12.4. The van der Waals surface area contributed by atoms with Gasteiger partial charge in [-0.05, 0) is 49.9 Å². The minimum atomic E-state index is -0.277. The monoisotopic (exact) mass is 394 g/mol. The third kappa shape index (κ3) is 5.36. The first kappa shape index (κ1) is 20.0. The quantitative estimate of drug-likeness (QED) is 0.696. The van der Waals surface area contributed by atoms with E-state index < -0.39 is 0 Å². The van der Waals surface area contributed by atoms with Gasteiger partial charge < -0.3 is 19.3 Å². The first-order valence-electron chi connectivity index (χ1n) is 9.62. The van der Waals surface area contributed by atoms with E-state index in [4.69, 9.17) is 21.1 Å². The summed E-state index contributed by atoms with van der Waals surface area (Å²) < 4.78 is 11.2. The Hall–Kier alpha value is -1.79. The molecule has 0 aliphatic carbocycles. The summed E-state index contributed by atoms with van der Waals surface area (Å²) in [6, 6.07) is 5.55. The van der Waals surface area contributed by atoms with Crippen LogP contribution in [0.2, 0.25) is 5.02 Å². The number of halogens is 1. The zero-order valence-corrected chi connectivity index (χ0v) is 16.5. The zero-order chi connectivity index (χ0) is 19.2. The molecular formula is C20H27ClN2O4. The third-order valence-corrected chi connectivity index (χ3v) is 5.51. The van der Waals surface area contributed by atoms with Gasteiger partial charge >= 0.3 is 0 Å². The summed E-state index contributed by atoms with van der Waals surface area (Å²) in [6.45, 7) is 5.46. The number of nitrogens with zero attached hydrogens (tertiary/aromatic N) is 2. The van der Waals surface area contributed by atoms with Crippen molar-refractivity contribution in [2.24, 2.45) is 0 Å². The minimum absolute atomic E-state index is 0.0752. The van der Waals surface area contributed by atoms with E-state index in [1.165, 1.54) is 0 Å². The summed E-state index contributed by atoms with van der Waals surface area (Å²) in [5.41, 5.74) is 0.973. The van der Waals surface area contributed by atoms with Gasteiger partial charge in [-0.25, -0.2) is 0 Å². The predicted octanol–water partition coefficient (Wildman–Crippen LogP) is 2.66. The number of hydrogen-bond acceptors (Lipinski definition) is 4. The van der Waals surface area contributed by atoms with Crippen LogP contribution in [0, 0.1) is 6.92 Å². The Balaban J connectivity index is 1.34. The Kier molecular flexibility index (Phi) is 6.96. The summed E-state index contributed by atoms with van der Waals surface area (Å²) in [5.74, 6) is 0.965. The van der Waals surface area contributed by atoms with Crippen LogP contribution >= 0.6 is 11.6 Å². The third-order valence-electron chi connectivity index (χ3n) is 5.08. The first-order chi connectivity index (χ1) is 13.0. The Morgan fingerprint density at radius 1 is 1.22 bits per heavy atom. The molecule has 0 bridgehead atoms. The number of amides is 2. The highest BCUT2D eigenvalue weighted by molar-refractivity contribution is 6.31. The van der Waals surface area contributed by atoms with E-state index in [2.05, 4.69) is 0 Å². The van der Waals surface area contributed by atoms with Gasteiger partial charge in [0.05, 0.1) is 6.61 Å². The van der Waals surface area contributed by atoms with Crippen LogP contribution in [0.3, 0.4) is 0 Å². The average molecular weight is 395 g/mol. The molecule has 148 valence electrons. The van der Waals surface area contributed by atoms with Gasteiger partial charge in [0.15, 0.2) is 0 Å². The second kappa shape index (κ2) is 9.42. The van der Waals surface area contributed by atoms with Crippen LogP contribution in [0.25, 0.3) is 0 Å². The Labute approximate surface area is 165 Å². The molecule has 1 atom stereocenters. The molecule has 0 aromatic heterocycles. The second-order valence-electron chi connectivity index (χ2n) is 7.07. The topological polar surface area (TPSA) is 59.1 Å². The number of rotatable bonds is 6. The van der Waals surface area contributed by atoms with Crippen molar-refractivity contribution < 1.29 is 19.1 Å². The van der Waals surface area contributed by atoms with E-state index in [0.29, 0.717) is 52.2 Å². The van der Waals surface area contributed by atoms with E-state index in [-0.39, 0.29) is 17.9 Å². The highest BCUT2D eigenvalue weighted by Crippen LogP contribution is 2.21. The van der Waals surface area contributed by atoms with E-state index in [0.717, 1.165) is 29.2 Å². The molecule has 2 fully saturated rings. The van der Waals surface area contributed by atoms with Crippen LogP contribution in [-0.4, -0.2) is 67.1 Å². The van der Waals surface area contributed by atoms with Crippen molar-refractivity contribution in [1.29, 1.82) is 0 Å². The van der Waals surface area contributed by atoms with Crippen LogP contribution in [0.5, 0.6) is 5.75 Å². The lowest BCUT2D eigenvalue weighted by Crippen LogP contribution is -2.52. The molecule has 27 heavy (non-hydrogen) atoms. The molecule has 1 aromatic carbocycles. The normalized spacial score (nSPS) is 20.0. The summed E-state index contributed by atoms with van der Waals surface area (Å²) in [7, 11) is 0. The number of piperazine rings is 1. The number of carbonyl (C=O) groups is 2. The van der Waals surface area contributed by atoms with Crippen LogP contribution in [0.15, 0.2) is 18.2 Å². The molecule has 7 heteroatoms. The number of aryl methyl sites for hydroxylation is 1. The average Bonchev–Trinajstić information content (AvgIpc) is 3.22. The van der Waals surface area contributed by atoms with Crippen LogP contribution in [-0.2, 0) is 14.3 Å². The minimum Gasteiger partial charge on any atom is -0.494 e. The standard InChI is InChI=1S/C20H27ClN2O4/c1-15-14-16(6-7-17(15)21)26-12-3-5-19(24)22-8-10-23(11-9-22)20(25)18-4-2-13-27-18/h6-7,14,18H,2-5,8-13H2,1H3. The van der Waals surface area contributed by atoms with Gasteiger partial charge in [0.25, 0.3) is 5.91 Å². The number of ether oxygens (including phenoxy) is 2. The molecule has 2 amide bonds. The van der Waals surface area contributed by atoms with Crippen molar-refractivity contribution in [3.63, 3.8) is 0 Å². The van der Waals surface area contributed by atoms with E-state index in [9.17, 15) is 9.59 Å². The SMILES string of the molecule is Cc1cc(OCCCC(=O)N2CCN(C(=O)C3CCCO3)CC2)ccc1Cl. The van der Waals surface area contributed by atoms with Crippen molar-refractivity contribution in [2.75, 3.05) is 39.4 Å². The number of hydrogen-bond donors (Lipinski definition) is 0. The van der Waals surface area contributed by atoms with Crippen molar-refractivity contribution in [2.45, 2.75) is 38.7 Å². The molecule has 2 saturated heterocycles. The van der Waals surface area contributed by atoms with Crippen molar-refractivity contribution in [3.05, 3.63) is 28.8 Å². The molecule has 1 unspecified atom stereocenters. The zero-order valence-electron chi connectivity index (χ0n) is 15.8. The fourth-order valence-corrected chi connectivity index (χ4v) is 3.55. The predicted molar refractivity (Wildman–Crippen MR) is 103 cm³/mol. The Bertz CT molecular complexity index is 668. The second-order valence-corrected chi connectivity index (χ2v) is 7.48. The van der Waals surface area contributed by atoms with Gasteiger partial charge in [-0.1, -0.05) is 11.6 Å². The fraction of sp³-hybridized carbons (Fsp3) is 0.600. The smallest absolute Gasteiger partial charge is 0.251 e. The van der Waals surface area contributed by atoms with Gasteiger partial charge in [0, 0.05) is 44.2 Å². The lowest BCUT2D eigenvalue weighted by atomic mass is 10.2. The molecule has 6 nitrogen and oxygen atoms in total. The highest BCUT2D eigenvalue weighted by atomic mass is 35.5. The summed E-state index contributed by atoms with van der Waals surface area (Å²) >= 11 is 6.00. The van der Waals surface area contributed by atoms with Crippen LogP contribution in [0.1, 0.15) is 31.2 Å². The van der Waals surface area contributed by atoms with Gasteiger partial charge in [0.2, 0.25) is 5.91 Å². The van der Waals surface area contributed by atoms with Crippen LogP contribution < -0.4 is 4.74 Å². The molecule has 0 spiro atoms. The lowest BCUT2D eigenvalue weighted by molar-refractivity contribution is -0.146. The maximum atomic E-state index is 12.4. The number of benzene rings is 1. The summed E-state index contributed by atoms with van der Waals surface area (Å²) in [6.07, 6.45) is 2.60. The van der Waals surface area contributed by atoms with Gasteiger partial charge in [-0.15, -0.1) is 0 Å². The fourth-order valence-electron chi connectivity index (χ4n) is 3.43. The summed E-state index contributed by atoms with van der Waals surface area (Å²) in [4.78, 5) is 28.4. The molecule has 0 N–H and O–H groups in total. The van der Waals surface area contributed by atoms with Gasteiger partial charge in [0.1, 0.15) is 11.9 Å². The molecule has 3 rings (SSSR count). The number of carbonyl (C=O) groups excluding carboxylic acids is 2. The van der Waals surface area contributed by atoms with E-state index in [1.807, 2.05) is 34.9 Å². The molecule has 0 radical (unpaired) electrons. The van der Waals surface area contributed by atoms with Crippen LogP contribution in [0.4, 0.5) is 0 Å². The molecular weight excluding hydrogens is 368 g/mol. The largest absolute Gasteiger partial charge is 0.494 e. The highest BCUT2D eigenvalue weighted by Gasteiger charge is 2.31. The first-order valence-corrected chi connectivity index (χ1v) is 9.99. The molecule has 0 saturated carbocycles. The Morgan fingerprint density at radius 2 is 1.96 bits per heavy atom. The molecule has 2 aliphatic rings.